The molecule has 0 fully saturated rings. The standard InChI is InChI=1S/C16H19NO2.ClH/c1-3-19-16(18)10-15(17)14-9-8-11(2)12-6-4-5-7-13(12)14;/h4-9,15H,3,10,17H2,1-2H3;1H/t15-;/m1./s1. The Labute approximate surface area is 125 Å². The molecule has 0 aromatic heterocycles. The Hall–Kier alpha value is -1.58. The van der Waals surface area contributed by atoms with Gasteiger partial charge in [0.2, 0.25) is 0 Å². The van der Waals surface area contributed by atoms with Crippen molar-refractivity contribution in [2.45, 2.75) is 26.3 Å². The van der Waals surface area contributed by atoms with Crippen LogP contribution in [-0.2, 0) is 9.53 Å². The maximum Gasteiger partial charge on any atom is 0.307 e. The highest BCUT2D eigenvalue weighted by molar-refractivity contribution is 5.89. The Balaban J connectivity index is 0.00000200. The quantitative estimate of drug-likeness (QED) is 0.878. The first-order valence-electron chi connectivity index (χ1n) is 6.53. The highest BCUT2D eigenvalue weighted by Gasteiger charge is 2.15. The minimum atomic E-state index is -0.329. The van der Waals surface area contributed by atoms with E-state index in [1.165, 1.54) is 10.9 Å². The van der Waals surface area contributed by atoms with E-state index < -0.39 is 0 Å². The molecule has 0 aliphatic heterocycles. The summed E-state index contributed by atoms with van der Waals surface area (Å²) in [6.45, 7) is 4.26. The summed E-state index contributed by atoms with van der Waals surface area (Å²) in [6, 6.07) is 11.8. The van der Waals surface area contributed by atoms with Gasteiger partial charge in [-0.25, -0.2) is 0 Å². The zero-order valence-corrected chi connectivity index (χ0v) is 12.6. The molecular formula is C16H20ClNO2. The van der Waals surface area contributed by atoms with Crippen molar-refractivity contribution in [1.29, 1.82) is 0 Å². The van der Waals surface area contributed by atoms with Gasteiger partial charge >= 0.3 is 5.97 Å². The van der Waals surface area contributed by atoms with Crippen LogP contribution in [0.2, 0.25) is 0 Å². The summed E-state index contributed by atoms with van der Waals surface area (Å²) >= 11 is 0. The third-order valence-electron chi connectivity index (χ3n) is 3.27. The molecule has 0 unspecified atom stereocenters. The molecule has 1 atom stereocenters. The van der Waals surface area contributed by atoms with E-state index in [4.69, 9.17) is 10.5 Å². The molecule has 0 aliphatic rings. The van der Waals surface area contributed by atoms with E-state index in [0.29, 0.717) is 6.61 Å². The van der Waals surface area contributed by atoms with Gasteiger partial charge in [0.05, 0.1) is 13.0 Å². The van der Waals surface area contributed by atoms with Crippen molar-refractivity contribution in [3.05, 3.63) is 47.5 Å². The first-order chi connectivity index (χ1) is 9.13. The molecule has 3 nitrogen and oxygen atoms in total. The summed E-state index contributed by atoms with van der Waals surface area (Å²) in [7, 11) is 0. The highest BCUT2D eigenvalue weighted by Crippen LogP contribution is 2.27. The van der Waals surface area contributed by atoms with E-state index in [0.717, 1.165) is 10.9 Å². The summed E-state index contributed by atoms with van der Waals surface area (Å²) in [5, 5.41) is 2.29. The predicted octanol–water partition coefficient (Wildman–Crippen LogP) is 3.52. The van der Waals surface area contributed by atoms with Crippen LogP contribution in [-0.4, -0.2) is 12.6 Å². The van der Waals surface area contributed by atoms with Crippen molar-refractivity contribution in [3.63, 3.8) is 0 Å². The fourth-order valence-electron chi connectivity index (χ4n) is 2.31. The average Bonchev–Trinajstić information content (AvgIpc) is 2.39. The number of esters is 1. The molecule has 0 amide bonds. The van der Waals surface area contributed by atoms with Crippen LogP contribution in [0.1, 0.15) is 30.5 Å². The highest BCUT2D eigenvalue weighted by atomic mass is 35.5. The van der Waals surface area contributed by atoms with Crippen LogP contribution in [0, 0.1) is 6.92 Å². The summed E-state index contributed by atoms with van der Waals surface area (Å²) in [6.07, 6.45) is 0.209. The van der Waals surface area contributed by atoms with Crippen LogP contribution in [0.5, 0.6) is 0 Å². The normalized spacial score (nSPS) is 11.8. The lowest BCUT2D eigenvalue weighted by molar-refractivity contribution is -0.143. The number of hydrogen-bond donors (Lipinski definition) is 1. The van der Waals surface area contributed by atoms with Crippen molar-refractivity contribution < 1.29 is 9.53 Å². The lowest BCUT2D eigenvalue weighted by atomic mass is 9.95. The van der Waals surface area contributed by atoms with Crippen LogP contribution in [0.3, 0.4) is 0 Å². The molecule has 0 spiro atoms. The third-order valence-corrected chi connectivity index (χ3v) is 3.27. The molecule has 0 aliphatic carbocycles. The van der Waals surface area contributed by atoms with Crippen LogP contribution in [0.15, 0.2) is 36.4 Å². The van der Waals surface area contributed by atoms with E-state index in [9.17, 15) is 4.79 Å². The average molecular weight is 294 g/mol. The topological polar surface area (TPSA) is 52.3 Å². The first-order valence-corrected chi connectivity index (χ1v) is 6.53. The number of aryl methyl sites for hydroxylation is 1. The number of carbonyl (C=O) groups excluding carboxylic acids is 1. The van der Waals surface area contributed by atoms with E-state index in [1.54, 1.807) is 6.92 Å². The van der Waals surface area contributed by atoms with Gasteiger partial charge in [0.25, 0.3) is 0 Å². The van der Waals surface area contributed by atoms with E-state index in [2.05, 4.69) is 13.0 Å². The van der Waals surface area contributed by atoms with Crippen LogP contribution in [0.4, 0.5) is 0 Å². The fraction of sp³-hybridized carbons (Fsp3) is 0.312. The molecule has 0 heterocycles. The number of fused-ring (bicyclic) bond motifs is 1. The maximum absolute atomic E-state index is 11.5. The summed E-state index contributed by atoms with van der Waals surface area (Å²) in [5.74, 6) is -0.250. The van der Waals surface area contributed by atoms with E-state index in [-0.39, 0.29) is 30.8 Å². The molecule has 2 aromatic carbocycles. The SMILES string of the molecule is CCOC(=O)C[C@@H](N)c1ccc(C)c2ccccc12.Cl. The second kappa shape index (κ2) is 7.27. The van der Waals surface area contributed by atoms with Gasteiger partial charge in [-0.2, -0.15) is 0 Å². The predicted molar refractivity (Wildman–Crippen MR) is 84.1 cm³/mol. The van der Waals surface area contributed by atoms with Gasteiger partial charge in [0, 0.05) is 6.04 Å². The second-order valence-corrected chi connectivity index (χ2v) is 4.63. The molecule has 2 rings (SSSR count). The molecule has 20 heavy (non-hydrogen) atoms. The van der Waals surface area contributed by atoms with Crippen molar-refractivity contribution in [2.75, 3.05) is 6.61 Å². The van der Waals surface area contributed by atoms with Crippen molar-refractivity contribution in [2.24, 2.45) is 5.73 Å². The second-order valence-electron chi connectivity index (χ2n) is 4.63. The minimum absolute atomic E-state index is 0. The molecule has 2 N–H and O–H groups in total. The molecular weight excluding hydrogens is 274 g/mol. The number of hydrogen-bond acceptors (Lipinski definition) is 3. The Morgan fingerprint density at radius 3 is 2.50 bits per heavy atom. The summed E-state index contributed by atoms with van der Waals surface area (Å²) < 4.78 is 4.95. The first kappa shape index (κ1) is 16.5. The number of halogens is 1. The molecule has 0 radical (unpaired) electrons. The molecule has 4 heteroatoms. The molecule has 0 saturated heterocycles. The number of ether oxygens (including phenoxy) is 1. The summed E-state index contributed by atoms with van der Waals surface area (Å²) in [4.78, 5) is 11.5. The van der Waals surface area contributed by atoms with Crippen molar-refractivity contribution in [3.8, 4) is 0 Å². The molecule has 108 valence electrons. The Morgan fingerprint density at radius 1 is 1.20 bits per heavy atom. The van der Waals surface area contributed by atoms with Gasteiger partial charge < -0.3 is 10.5 Å². The summed E-state index contributed by atoms with van der Waals surface area (Å²) in [5.41, 5.74) is 8.35. The Morgan fingerprint density at radius 2 is 1.85 bits per heavy atom. The molecule has 2 aromatic rings. The van der Waals surface area contributed by atoms with Crippen molar-refractivity contribution >= 4 is 29.1 Å². The zero-order valence-electron chi connectivity index (χ0n) is 11.8. The van der Waals surface area contributed by atoms with Gasteiger partial charge in [0.15, 0.2) is 0 Å². The molecule has 0 saturated carbocycles. The monoisotopic (exact) mass is 293 g/mol. The zero-order chi connectivity index (χ0) is 13.8. The lowest BCUT2D eigenvalue weighted by Crippen LogP contribution is -2.17. The minimum Gasteiger partial charge on any atom is -0.466 e. The van der Waals surface area contributed by atoms with E-state index >= 15 is 0 Å². The number of nitrogens with two attached hydrogens (primary N) is 1. The fourth-order valence-corrected chi connectivity index (χ4v) is 2.31. The van der Waals surface area contributed by atoms with Crippen LogP contribution >= 0.6 is 12.4 Å². The van der Waals surface area contributed by atoms with Gasteiger partial charge in [-0.15, -0.1) is 12.4 Å². The largest absolute Gasteiger partial charge is 0.466 e. The Bertz CT molecular complexity index is 598. The maximum atomic E-state index is 11.5. The van der Waals surface area contributed by atoms with E-state index in [1.807, 2.05) is 30.3 Å². The third kappa shape index (κ3) is 3.50. The number of rotatable bonds is 4. The number of benzene rings is 2. The smallest absolute Gasteiger partial charge is 0.307 e. The van der Waals surface area contributed by atoms with Gasteiger partial charge in [-0.05, 0) is 35.7 Å². The Kier molecular flexibility index (Phi) is 5.99. The van der Waals surface area contributed by atoms with Gasteiger partial charge in [-0.3, -0.25) is 4.79 Å². The van der Waals surface area contributed by atoms with Gasteiger partial charge in [-0.1, -0.05) is 36.4 Å². The van der Waals surface area contributed by atoms with Crippen molar-refractivity contribution in [1.82, 2.24) is 0 Å². The molecule has 0 bridgehead atoms. The van der Waals surface area contributed by atoms with Crippen LogP contribution in [0.25, 0.3) is 10.8 Å². The van der Waals surface area contributed by atoms with Gasteiger partial charge in [0.1, 0.15) is 0 Å². The van der Waals surface area contributed by atoms with Crippen LogP contribution < -0.4 is 5.73 Å². The lowest BCUT2D eigenvalue weighted by Gasteiger charge is -2.15. The number of carbonyl (C=O) groups is 1.